The predicted molar refractivity (Wildman–Crippen MR) is 136 cm³/mol. The fourth-order valence-electron chi connectivity index (χ4n) is 3.89. The van der Waals surface area contributed by atoms with Crippen LogP contribution in [-0.4, -0.2) is 80.7 Å². The Kier molecular flexibility index (Phi) is 11.6. The molecular weight excluding hydrogens is 505 g/mol. The van der Waals surface area contributed by atoms with Crippen LogP contribution in [-0.2, 0) is 16.1 Å². The van der Waals surface area contributed by atoms with E-state index in [2.05, 4.69) is 50.9 Å². The second-order valence-corrected chi connectivity index (χ2v) is 8.50. The van der Waals surface area contributed by atoms with Crippen LogP contribution in [0.4, 0.5) is 0 Å². The van der Waals surface area contributed by atoms with Crippen LogP contribution in [0.2, 0.25) is 0 Å². The number of hydrogen-bond donors (Lipinski definition) is 2. The Balaban J connectivity index is 0.00000341. The van der Waals surface area contributed by atoms with Gasteiger partial charge >= 0.3 is 0 Å². The van der Waals surface area contributed by atoms with Crippen molar-refractivity contribution in [3.63, 3.8) is 0 Å². The lowest BCUT2D eigenvalue weighted by atomic mass is 10.0. The number of hydrogen-bond acceptors (Lipinski definition) is 4. The smallest absolute Gasteiger partial charge is 0.243 e. The Morgan fingerprint density at radius 3 is 2.55 bits per heavy atom. The molecule has 1 unspecified atom stereocenters. The van der Waals surface area contributed by atoms with E-state index in [0.29, 0.717) is 6.04 Å². The number of aliphatic imine (C=N–C) groups is 1. The van der Waals surface area contributed by atoms with E-state index in [-0.39, 0.29) is 42.5 Å². The first-order valence-corrected chi connectivity index (χ1v) is 11.2. The number of nitrogens with one attached hydrogen (secondary N) is 2. The second kappa shape index (κ2) is 13.9. The van der Waals surface area contributed by atoms with Crippen molar-refractivity contribution >= 4 is 35.8 Å². The predicted octanol–water partition coefficient (Wildman–Crippen LogP) is 2.46. The number of amides is 1. The topological polar surface area (TPSA) is 69.2 Å². The summed E-state index contributed by atoms with van der Waals surface area (Å²) in [6.07, 6.45) is 5.79. The Morgan fingerprint density at radius 2 is 1.90 bits per heavy atom. The molecular formula is C23H38IN5O2. The third-order valence-electron chi connectivity index (χ3n) is 5.82. The molecule has 0 saturated carbocycles. The monoisotopic (exact) mass is 543 g/mol. The van der Waals surface area contributed by atoms with E-state index >= 15 is 0 Å². The second-order valence-electron chi connectivity index (χ2n) is 8.50. The van der Waals surface area contributed by atoms with E-state index in [4.69, 9.17) is 4.74 Å². The number of likely N-dealkylation sites (tertiary alicyclic amines) is 1. The Bertz CT molecular complexity index is 672. The highest BCUT2D eigenvalue weighted by molar-refractivity contribution is 14.0. The van der Waals surface area contributed by atoms with Crippen molar-refractivity contribution in [1.82, 2.24) is 20.4 Å². The van der Waals surface area contributed by atoms with Crippen molar-refractivity contribution < 1.29 is 9.53 Å². The Morgan fingerprint density at radius 1 is 1.16 bits per heavy atom. The molecule has 1 aromatic rings. The van der Waals surface area contributed by atoms with Crippen LogP contribution in [0, 0.1) is 0 Å². The van der Waals surface area contributed by atoms with Crippen LogP contribution in [0.1, 0.15) is 37.7 Å². The average Bonchev–Trinajstić information content (AvgIpc) is 2.78. The van der Waals surface area contributed by atoms with Crippen molar-refractivity contribution in [2.24, 2.45) is 4.99 Å². The van der Waals surface area contributed by atoms with Crippen molar-refractivity contribution in [2.45, 2.75) is 50.8 Å². The molecule has 0 spiro atoms. The minimum Gasteiger partial charge on any atom is -0.376 e. The van der Waals surface area contributed by atoms with Gasteiger partial charge in [0, 0.05) is 52.9 Å². The lowest BCUT2D eigenvalue weighted by molar-refractivity contribution is -0.127. The summed E-state index contributed by atoms with van der Waals surface area (Å²) < 4.78 is 5.83. The number of halogens is 1. The van der Waals surface area contributed by atoms with Gasteiger partial charge in [-0.05, 0) is 37.7 Å². The highest BCUT2D eigenvalue weighted by Crippen LogP contribution is 2.14. The van der Waals surface area contributed by atoms with Crippen LogP contribution >= 0.6 is 24.0 Å². The summed E-state index contributed by atoms with van der Waals surface area (Å²) in [7, 11) is 3.52. The maximum atomic E-state index is 12.0. The van der Waals surface area contributed by atoms with Gasteiger partial charge in [0.15, 0.2) is 5.96 Å². The summed E-state index contributed by atoms with van der Waals surface area (Å²) in [5, 5.41) is 6.97. The standard InChI is InChI=1S/C23H37N5O2.HI/c1-27(2)22(29)17-25-23(24-16-21-10-6-7-15-30-21)26-20-11-13-28(14-12-20)18-19-8-4-3-5-9-19;/h3-5,8-9,20-21H,6-7,10-18H2,1-2H3,(H2,24,25,26);1H. The SMILES string of the molecule is CN(C)C(=O)CN=C(NCC1CCCCO1)NC1CCN(Cc2ccccc2)CC1.I. The maximum Gasteiger partial charge on any atom is 0.243 e. The molecule has 2 fully saturated rings. The highest BCUT2D eigenvalue weighted by Gasteiger charge is 2.21. The van der Waals surface area contributed by atoms with Crippen LogP contribution in [0.15, 0.2) is 35.3 Å². The number of likely N-dealkylation sites (N-methyl/N-ethyl adjacent to an activating group) is 1. The number of ether oxygens (including phenoxy) is 1. The molecule has 3 rings (SSSR count). The first kappa shape index (κ1) is 25.9. The summed E-state index contributed by atoms with van der Waals surface area (Å²) in [5.74, 6) is 0.726. The fraction of sp³-hybridized carbons (Fsp3) is 0.652. The fourth-order valence-corrected chi connectivity index (χ4v) is 3.89. The average molecular weight is 543 g/mol. The lowest BCUT2D eigenvalue weighted by Crippen LogP contribution is -2.50. The zero-order valence-electron chi connectivity index (χ0n) is 18.9. The molecule has 0 aliphatic carbocycles. The molecule has 0 aromatic heterocycles. The normalized spacial score (nSPS) is 20.6. The van der Waals surface area contributed by atoms with Gasteiger partial charge in [0.25, 0.3) is 0 Å². The molecule has 1 aromatic carbocycles. The number of guanidine groups is 1. The van der Waals surface area contributed by atoms with Crippen LogP contribution in [0.5, 0.6) is 0 Å². The van der Waals surface area contributed by atoms with Gasteiger partial charge in [0.05, 0.1) is 6.10 Å². The van der Waals surface area contributed by atoms with Crippen molar-refractivity contribution in [3.8, 4) is 0 Å². The number of carbonyl (C=O) groups excluding carboxylic acids is 1. The highest BCUT2D eigenvalue weighted by atomic mass is 127. The summed E-state index contributed by atoms with van der Waals surface area (Å²) in [4.78, 5) is 20.6. The summed E-state index contributed by atoms with van der Waals surface area (Å²) in [6, 6.07) is 11.0. The Labute approximate surface area is 204 Å². The zero-order chi connectivity index (χ0) is 21.2. The summed E-state index contributed by atoms with van der Waals surface area (Å²) in [5.41, 5.74) is 1.36. The number of piperidine rings is 1. The van der Waals surface area contributed by atoms with Crippen molar-refractivity contribution in [3.05, 3.63) is 35.9 Å². The minimum absolute atomic E-state index is 0. The van der Waals surface area contributed by atoms with Crippen molar-refractivity contribution in [2.75, 3.05) is 46.9 Å². The quantitative estimate of drug-likeness (QED) is 0.314. The van der Waals surface area contributed by atoms with Gasteiger partial charge < -0.3 is 20.3 Å². The molecule has 2 saturated heterocycles. The van der Waals surface area contributed by atoms with Crippen LogP contribution in [0.25, 0.3) is 0 Å². The third kappa shape index (κ3) is 9.33. The van der Waals surface area contributed by atoms with Crippen LogP contribution in [0.3, 0.4) is 0 Å². The van der Waals surface area contributed by atoms with E-state index < -0.39 is 0 Å². The number of benzene rings is 1. The number of carbonyl (C=O) groups is 1. The molecule has 174 valence electrons. The largest absolute Gasteiger partial charge is 0.376 e. The molecule has 2 heterocycles. The van der Waals surface area contributed by atoms with Gasteiger partial charge in [-0.25, -0.2) is 4.99 Å². The van der Waals surface area contributed by atoms with Gasteiger partial charge in [-0.15, -0.1) is 24.0 Å². The first-order valence-electron chi connectivity index (χ1n) is 11.2. The van der Waals surface area contributed by atoms with Gasteiger partial charge in [-0.1, -0.05) is 30.3 Å². The third-order valence-corrected chi connectivity index (χ3v) is 5.82. The summed E-state index contributed by atoms with van der Waals surface area (Å²) >= 11 is 0. The molecule has 1 atom stereocenters. The lowest BCUT2D eigenvalue weighted by Gasteiger charge is -2.33. The molecule has 0 radical (unpaired) electrons. The summed E-state index contributed by atoms with van der Waals surface area (Å²) in [6.45, 7) is 4.84. The molecule has 0 bridgehead atoms. The number of rotatable bonds is 7. The van der Waals surface area contributed by atoms with E-state index in [9.17, 15) is 4.79 Å². The van der Waals surface area contributed by atoms with E-state index in [1.807, 2.05) is 0 Å². The van der Waals surface area contributed by atoms with Gasteiger partial charge in [-0.2, -0.15) is 0 Å². The Hall–Kier alpha value is -1.39. The van der Waals surface area contributed by atoms with Crippen molar-refractivity contribution in [1.29, 1.82) is 0 Å². The van der Waals surface area contributed by atoms with Gasteiger partial charge in [0.2, 0.25) is 5.91 Å². The molecule has 2 aliphatic rings. The minimum atomic E-state index is 0. The van der Waals surface area contributed by atoms with Gasteiger partial charge in [0.1, 0.15) is 6.54 Å². The van der Waals surface area contributed by atoms with Gasteiger partial charge in [-0.3, -0.25) is 9.69 Å². The van der Waals surface area contributed by atoms with Crippen LogP contribution < -0.4 is 10.6 Å². The molecule has 2 aliphatic heterocycles. The molecule has 7 nitrogen and oxygen atoms in total. The molecule has 8 heteroatoms. The molecule has 2 N–H and O–H groups in total. The molecule has 1 amide bonds. The van der Waals surface area contributed by atoms with E-state index in [1.54, 1.807) is 19.0 Å². The van der Waals surface area contributed by atoms with E-state index in [1.165, 1.54) is 12.0 Å². The molecule has 31 heavy (non-hydrogen) atoms. The van der Waals surface area contributed by atoms with E-state index in [0.717, 1.165) is 64.4 Å². The number of nitrogens with zero attached hydrogens (tertiary/aromatic N) is 3. The zero-order valence-corrected chi connectivity index (χ0v) is 21.2. The maximum absolute atomic E-state index is 12.0. The first-order chi connectivity index (χ1) is 14.6.